The van der Waals surface area contributed by atoms with E-state index in [9.17, 15) is 4.79 Å². The van der Waals surface area contributed by atoms with Crippen LogP contribution in [0.25, 0.3) is 10.9 Å². The number of fused-ring (bicyclic) bond motifs is 1. The van der Waals surface area contributed by atoms with Crippen molar-refractivity contribution in [2.45, 2.75) is 12.8 Å². The van der Waals surface area contributed by atoms with E-state index >= 15 is 0 Å². The number of nitrogens with zero attached hydrogens (tertiary/aromatic N) is 4. The number of carbonyl (C=O) groups excluding carboxylic acids is 1. The van der Waals surface area contributed by atoms with Crippen LogP contribution < -0.4 is 9.80 Å². The molecule has 0 saturated carbocycles. The molecule has 1 aliphatic heterocycles. The normalized spacial score (nSPS) is 14.9. The lowest BCUT2D eigenvalue weighted by Crippen LogP contribution is -2.46. The summed E-state index contributed by atoms with van der Waals surface area (Å²) in [4.78, 5) is 23.6. The van der Waals surface area contributed by atoms with Crippen LogP contribution >= 0.6 is 0 Å². The Balaban J connectivity index is 1.23. The molecular formula is C24H28N4O. The highest BCUT2D eigenvalue weighted by molar-refractivity contribution is 5.95. The molecule has 0 radical (unpaired) electrons. The predicted molar refractivity (Wildman–Crippen MR) is 119 cm³/mol. The van der Waals surface area contributed by atoms with Gasteiger partial charge in [-0.3, -0.25) is 14.7 Å². The molecule has 3 aromatic rings. The zero-order valence-corrected chi connectivity index (χ0v) is 17.0. The SMILES string of the molecule is CN(C(=O)CCCN1CCN(c2ccccc2)CC1)c1ccc2ncccc2c1. The molecule has 0 aliphatic carbocycles. The number of hydrogen-bond donors (Lipinski definition) is 0. The summed E-state index contributed by atoms with van der Waals surface area (Å²) in [6.07, 6.45) is 3.25. The zero-order valence-electron chi connectivity index (χ0n) is 17.0. The largest absolute Gasteiger partial charge is 0.369 e. The molecule has 0 bridgehead atoms. The number of piperazine rings is 1. The average molecular weight is 389 g/mol. The van der Waals surface area contributed by atoms with Crippen LogP contribution in [0, 0.1) is 0 Å². The van der Waals surface area contributed by atoms with Gasteiger partial charge in [0.2, 0.25) is 5.91 Å². The predicted octanol–water partition coefficient (Wildman–Crippen LogP) is 3.80. The molecule has 4 rings (SSSR count). The fraction of sp³-hybridized carbons (Fsp3) is 0.333. The highest BCUT2D eigenvalue weighted by Gasteiger charge is 2.18. The standard InChI is InChI=1S/C24H28N4O/c1-26(22-11-12-23-20(19-22)7-5-13-25-23)24(29)10-6-14-27-15-17-28(18-16-27)21-8-3-2-4-9-21/h2-5,7-9,11-13,19H,6,10,14-18H2,1H3. The molecule has 0 atom stereocenters. The van der Waals surface area contributed by atoms with Crippen molar-refractivity contribution >= 4 is 28.2 Å². The topological polar surface area (TPSA) is 39.7 Å². The van der Waals surface area contributed by atoms with Crippen molar-refractivity contribution in [3.63, 3.8) is 0 Å². The molecule has 1 aliphatic rings. The second-order valence-corrected chi connectivity index (χ2v) is 7.60. The Bertz CT molecular complexity index is 951. The fourth-order valence-electron chi connectivity index (χ4n) is 3.91. The first kappa shape index (κ1) is 19.4. The first-order valence-electron chi connectivity index (χ1n) is 10.3. The molecule has 0 unspecified atom stereocenters. The highest BCUT2D eigenvalue weighted by Crippen LogP contribution is 2.21. The smallest absolute Gasteiger partial charge is 0.226 e. The van der Waals surface area contributed by atoms with E-state index in [0.717, 1.165) is 55.7 Å². The van der Waals surface area contributed by atoms with Crippen LogP contribution in [0.3, 0.4) is 0 Å². The summed E-state index contributed by atoms with van der Waals surface area (Å²) in [6, 6.07) is 20.5. The molecule has 2 heterocycles. The third-order valence-electron chi connectivity index (χ3n) is 5.71. The van der Waals surface area contributed by atoms with Crippen LogP contribution in [0.1, 0.15) is 12.8 Å². The molecular weight excluding hydrogens is 360 g/mol. The Morgan fingerprint density at radius 2 is 1.79 bits per heavy atom. The monoisotopic (exact) mass is 388 g/mol. The molecule has 0 spiro atoms. The Morgan fingerprint density at radius 3 is 2.59 bits per heavy atom. The maximum Gasteiger partial charge on any atom is 0.226 e. The third-order valence-corrected chi connectivity index (χ3v) is 5.71. The number of carbonyl (C=O) groups is 1. The van der Waals surface area contributed by atoms with Crippen molar-refractivity contribution in [1.82, 2.24) is 9.88 Å². The third kappa shape index (κ3) is 4.74. The number of aromatic nitrogens is 1. The Morgan fingerprint density at radius 1 is 1.00 bits per heavy atom. The molecule has 2 aromatic carbocycles. The van der Waals surface area contributed by atoms with Crippen molar-refractivity contribution in [2.24, 2.45) is 0 Å². The second-order valence-electron chi connectivity index (χ2n) is 7.60. The van der Waals surface area contributed by atoms with Gasteiger partial charge >= 0.3 is 0 Å². The average Bonchev–Trinajstić information content (AvgIpc) is 2.79. The first-order chi connectivity index (χ1) is 14.2. The molecule has 29 heavy (non-hydrogen) atoms. The molecule has 5 nitrogen and oxygen atoms in total. The molecule has 1 amide bonds. The lowest BCUT2D eigenvalue weighted by Gasteiger charge is -2.36. The van der Waals surface area contributed by atoms with Crippen LogP contribution in [0.5, 0.6) is 0 Å². The lowest BCUT2D eigenvalue weighted by atomic mass is 10.1. The van der Waals surface area contributed by atoms with E-state index in [-0.39, 0.29) is 5.91 Å². The summed E-state index contributed by atoms with van der Waals surface area (Å²) < 4.78 is 0. The maximum atomic E-state index is 12.6. The maximum absolute atomic E-state index is 12.6. The van der Waals surface area contributed by atoms with Crippen molar-refractivity contribution in [1.29, 1.82) is 0 Å². The molecule has 0 N–H and O–H groups in total. The van der Waals surface area contributed by atoms with Gasteiger partial charge in [0.15, 0.2) is 0 Å². The molecule has 5 heteroatoms. The van der Waals surface area contributed by atoms with Crippen LogP contribution in [-0.4, -0.2) is 55.6 Å². The van der Waals surface area contributed by atoms with Crippen molar-refractivity contribution in [3.8, 4) is 0 Å². The van der Waals surface area contributed by atoms with Crippen molar-refractivity contribution < 1.29 is 4.79 Å². The van der Waals surface area contributed by atoms with Crippen molar-refractivity contribution in [3.05, 3.63) is 66.9 Å². The van der Waals surface area contributed by atoms with Crippen LogP contribution in [0.15, 0.2) is 66.9 Å². The summed E-state index contributed by atoms with van der Waals surface area (Å²) in [6.45, 7) is 5.17. The van der Waals surface area contributed by atoms with Gasteiger partial charge in [-0.25, -0.2) is 0 Å². The number of rotatable bonds is 6. The van der Waals surface area contributed by atoms with E-state index in [4.69, 9.17) is 0 Å². The van der Waals surface area contributed by atoms with Crippen LogP contribution in [-0.2, 0) is 4.79 Å². The number of para-hydroxylation sites is 1. The first-order valence-corrected chi connectivity index (χ1v) is 10.3. The molecule has 1 fully saturated rings. The Labute approximate surface area is 172 Å². The number of anilines is 2. The number of hydrogen-bond acceptors (Lipinski definition) is 4. The van der Waals surface area contributed by atoms with Gasteiger partial charge in [-0.05, 0) is 49.4 Å². The summed E-state index contributed by atoms with van der Waals surface area (Å²) >= 11 is 0. The van der Waals surface area contributed by atoms with E-state index in [2.05, 4.69) is 45.1 Å². The Hall–Kier alpha value is -2.92. The number of benzene rings is 2. The number of amides is 1. The minimum Gasteiger partial charge on any atom is -0.369 e. The van der Waals surface area contributed by atoms with Gasteiger partial charge in [-0.2, -0.15) is 0 Å². The fourth-order valence-corrected chi connectivity index (χ4v) is 3.91. The zero-order chi connectivity index (χ0) is 20.1. The van der Waals surface area contributed by atoms with Gasteiger partial charge in [-0.1, -0.05) is 24.3 Å². The van der Waals surface area contributed by atoms with Crippen molar-refractivity contribution in [2.75, 3.05) is 49.6 Å². The number of pyridine rings is 1. The van der Waals surface area contributed by atoms with Crippen LogP contribution in [0.2, 0.25) is 0 Å². The van der Waals surface area contributed by atoms with Gasteiger partial charge < -0.3 is 9.80 Å². The molecule has 1 aromatic heterocycles. The van der Waals surface area contributed by atoms with E-state index < -0.39 is 0 Å². The molecule has 1 saturated heterocycles. The minimum absolute atomic E-state index is 0.163. The van der Waals surface area contributed by atoms with Gasteiger partial charge in [0.25, 0.3) is 0 Å². The van der Waals surface area contributed by atoms with E-state index in [1.165, 1.54) is 5.69 Å². The summed E-state index contributed by atoms with van der Waals surface area (Å²) in [5.74, 6) is 0.163. The van der Waals surface area contributed by atoms with Gasteiger partial charge in [-0.15, -0.1) is 0 Å². The summed E-state index contributed by atoms with van der Waals surface area (Å²) in [5.41, 5.74) is 3.17. The molecule has 150 valence electrons. The van der Waals surface area contributed by atoms with E-state index in [1.807, 2.05) is 37.4 Å². The second kappa shape index (κ2) is 9.05. The lowest BCUT2D eigenvalue weighted by molar-refractivity contribution is -0.118. The summed E-state index contributed by atoms with van der Waals surface area (Å²) in [7, 11) is 1.86. The summed E-state index contributed by atoms with van der Waals surface area (Å²) in [5, 5.41) is 1.06. The quantitative estimate of drug-likeness (QED) is 0.644. The van der Waals surface area contributed by atoms with E-state index in [1.54, 1.807) is 11.1 Å². The van der Waals surface area contributed by atoms with Gasteiger partial charge in [0, 0.05) is 62.6 Å². The highest BCUT2D eigenvalue weighted by atomic mass is 16.2. The minimum atomic E-state index is 0.163. The van der Waals surface area contributed by atoms with E-state index in [0.29, 0.717) is 6.42 Å². The van der Waals surface area contributed by atoms with Gasteiger partial charge in [0.05, 0.1) is 5.52 Å². The van der Waals surface area contributed by atoms with Gasteiger partial charge in [0.1, 0.15) is 0 Å². The Kier molecular flexibility index (Phi) is 6.06. The van der Waals surface area contributed by atoms with Crippen LogP contribution in [0.4, 0.5) is 11.4 Å².